The van der Waals surface area contributed by atoms with Gasteiger partial charge < -0.3 is 9.72 Å². The third-order valence-electron chi connectivity index (χ3n) is 3.38. The highest BCUT2D eigenvalue weighted by Crippen LogP contribution is 2.17. The number of imidazole rings is 1. The van der Waals surface area contributed by atoms with Gasteiger partial charge in [0, 0.05) is 22.9 Å². The van der Waals surface area contributed by atoms with Gasteiger partial charge in [-0.05, 0) is 42.8 Å². The van der Waals surface area contributed by atoms with Crippen molar-refractivity contribution < 1.29 is 9.18 Å². The van der Waals surface area contributed by atoms with E-state index in [1.165, 1.54) is 12.1 Å². The Morgan fingerprint density at radius 2 is 2.18 bits per heavy atom. The fraction of sp³-hybridized carbons (Fsp3) is 0.125. The molecule has 0 fully saturated rings. The molecule has 1 N–H and O–H groups in total. The summed E-state index contributed by atoms with van der Waals surface area (Å²) >= 11 is 3.34. The zero-order valence-electron chi connectivity index (χ0n) is 11.8. The summed E-state index contributed by atoms with van der Waals surface area (Å²) in [7, 11) is 0. The summed E-state index contributed by atoms with van der Waals surface area (Å²) in [6.07, 6.45) is 1.70. The quantitative estimate of drug-likeness (QED) is 0.776. The molecule has 1 amide bonds. The number of nitrogens with one attached hydrogen (secondary N) is 1. The highest BCUT2D eigenvalue weighted by atomic mass is 79.9. The second-order valence-corrected chi connectivity index (χ2v) is 5.79. The monoisotopic (exact) mass is 361 g/mol. The van der Waals surface area contributed by atoms with Crippen molar-refractivity contribution >= 4 is 27.5 Å². The van der Waals surface area contributed by atoms with Crippen LogP contribution in [-0.4, -0.2) is 15.3 Å². The lowest BCUT2D eigenvalue weighted by molar-refractivity contribution is 0.0946. The summed E-state index contributed by atoms with van der Waals surface area (Å²) in [5.74, 6) is -0.630. The van der Waals surface area contributed by atoms with Crippen molar-refractivity contribution in [2.75, 3.05) is 0 Å². The molecule has 0 aliphatic rings. The summed E-state index contributed by atoms with van der Waals surface area (Å²) in [4.78, 5) is 16.5. The van der Waals surface area contributed by atoms with Crippen molar-refractivity contribution in [3.63, 3.8) is 0 Å². The highest BCUT2D eigenvalue weighted by molar-refractivity contribution is 9.10. The lowest BCUT2D eigenvalue weighted by Gasteiger charge is -2.06. The van der Waals surface area contributed by atoms with Crippen LogP contribution in [0, 0.1) is 12.7 Å². The van der Waals surface area contributed by atoms with E-state index in [4.69, 9.17) is 0 Å². The van der Waals surface area contributed by atoms with Gasteiger partial charge >= 0.3 is 0 Å². The van der Waals surface area contributed by atoms with Gasteiger partial charge in [0.2, 0.25) is 0 Å². The number of fused-ring (bicyclic) bond motifs is 1. The van der Waals surface area contributed by atoms with Crippen molar-refractivity contribution in [2.24, 2.45) is 0 Å². The molecule has 2 heterocycles. The van der Waals surface area contributed by atoms with Gasteiger partial charge in [0.1, 0.15) is 17.2 Å². The van der Waals surface area contributed by atoms with E-state index >= 15 is 0 Å². The number of carbonyl (C=O) groups excluding carboxylic acids is 1. The number of amides is 1. The van der Waals surface area contributed by atoms with Crippen LogP contribution in [0.15, 0.2) is 47.1 Å². The predicted octanol–water partition coefficient (Wildman–Crippen LogP) is 3.47. The van der Waals surface area contributed by atoms with Crippen molar-refractivity contribution in [3.8, 4) is 0 Å². The van der Waals surface area contributed by atoms with E-state index < -0.39 is 0 Å². The summed E-state index contributed by atoms with van der Waals surface area (Å²) in [6, 6.07) is 10.0. The van der Waals surface area contributed by atoms with Crippen LogP contribution < -0.4 is 5.32 Å². The van der Waals surface area contributed by atoms with Gasteiger partial charge in [0.15, 0.2) is 0 Å². The maximum absolute atomic E-state index is 13.2. The van der Waals surface area contributed by atoms with Crippen LogP contribution >= 0.6 is 15.9 Å². The van der Waals surface area contributed by atoms with E-state index in [2.05, 4.69) is 26.2 Å². The molecule has 4 nitrogen and oxygen atoms in total. The predicted molar refractivity (Wildman–Crippen MR) is 85.2 cm³/mol. The van der Waals surface area contributed by atoms with Gasteiger partial charge in [-0.25, -0.2) is 9.37 Å². The molecular formula is C16H13BrFN3O. The maximum Gasteiger partial charge on any atom is 0.271 e. The topological polar surface area (TPSA) is 46.4 Å². The van der Waals surface area contributed by atoms with Crippen molar-refractivity contribution in [2.45, 2.75) is 13.5 Å². The molecule has 3 rings (SSSR count). The second kappa shape index (κ2) is 5.88. The summed E-state index contributed by atoms with van der Waals surface area (Å²) in [5, 5.41) is 2.75. The molecule has 0 saturated carbocycles. The average molecular weight is 362 g/mol. The molecule has 0 radical (unpaired) electrons. The number of hydrogen-bond donors (Lipinski definition) is 1. The molecule has 6 heteroatoms. The lowest BCUT2D eigenvalue weighted by atomic mass is 10.2. The minimum absolute atomic E-state index is 0.226. The number of halogens is 2. The van der Waals surface area contributed by atoms with Crippen LogP contribution in [0.4, 0.5) is 4.39 Å². The van der Waals surface area contributed by atoms with Crippen LogP contribution in [0.25, 0.3) is 5.65 Å². The SMILES string of the molecule is Cc1cccc2nc(C(=O)NCc3cc(F)ccc3Br)cn12. The third kappa shape index (κ3) is 2.87. The molecule has 2 aromatic heterocycles. The van der Waals surface area contributed by atoms with Gasteiger partial charge in [-0.1, -0.05) is 22.0 Å². The minimum atomic E-state index is -0.337. The van der Waals surface area contributed by atoms with E-state index in [0.29, 0.717) is 11.3 Å². The number of benzene rings is 1. The Morgan fingerprint density at radius 3 is 2.95 bits per heavy atom. The largest absolute Gasteiger partial charge is 0.347 e. The molecule has 0 aliphatic heterocycles. The first kappa shape index (κ1) is 14.7. The Bertz CT molecular complexity index is 860. The Hall–Kier alpha value is -2.21. The van der Waals surface area contributed by atoms with E-state index in [9.17, 15) is 9.18 Å². The number of aromatic nitrogens is 2. The van der Waals surface area contributed by atoms with E-state index in [1.54, 1.807) is 12.3 Å². The fourth-order valence-electron chi connectivity index (χ4n) is 2.20. The molecule has 0 unspecified atom stereocenters. The average Bonchev–Trinajstić information content (AvgIpc) is 2.93. The molecule has 0 atom stereocenters. The van der Waals surface area contributed by atoms with E-state index in [1.807, 2.05) is 29.5 Å². The molecule has 1 aromatic carbocycles. The van der Waals surface area contributed by atoms with Gasteiger partial charge in [-0.15, -0.1) is 0 Å². The minimum Gasteiger partial charge on any atom is -0.347 e. The van der Waals surface area contributed by atoms with E-state index in [-0.39, 0.29) is 18.3 Å². The zero-order chi connectivity index (χ0) is 15.7. The number of pyridine rings is 1. The van der Waals surface area contributed by atoms with Gasteiger partial charge in [-0.2, -0.15) is 0 Å². The normalized spacial score (nSPS) is 10.9. The lowest BCUT2D eigenvalue weighted by Crippen LogP contribution is -2.23. The van der Waals surface area contributed by atoms with Crippen LogP contribution in [0.3, 0.4) is 0 Å². The Kier molecular flexibility index (Phi) is 3.94. The van der Waals surface area contributed by atoms with Crippen molar-refractivity contribution in [1.82, 2.24) is 14.7 Å². The Balaban J connectivity index is 1.78. The molecule has 22 heavy (non-hydrogen) atoms. The second-order valence-electron chi connectivity index (χ2n) is 4.94. The Labute approximate surface area is 135 Å². The number of nitrogens with zero attached hydrogens (tertiary/aromatic N) is 2. The Morgan fingerprint density at radius 1 is 1.36 bits per heavy atom. The number of hydrogen-bond acceptors (Lipinski definition) is 2. The molecule has 0 spiro atoms. The molecule has 0 saturated heterocycles. The first-order valence-corrected chi connectivity index (χ1v) is 7.51. The number of carbonyl (C=O) groups is 1. The van der Waals surface area contributed by atoms with Crippen LogP contribution in [0.2, 0.25) is 0 Å². The molecule has 3 aromatic rings. The summed E-state index contributed by atoms with van der Waals surface area (Å²) in [5.41, 5.74) is 2.73. The van der Waals surface area contributed by atoms with Crippen molar-refractivity contribution in [3.05, 3.63) is 69.8 Å². The standard InChI is InChI=1S/C16H13BrFN3O/c1-10-3-2-4-15-20-14(9-21(10)15)16(22)19-8-11-7-12(18)5-6-13(11)17/h2-7,9H,8H2,1H3,(H,19,22). The van der Waals surface area contributed by atoms with E-state index in [0.717, 1.165) is 15.8 Å². The highest BCUT2D eigenvalue weighted by Gasteiger charge is 2.12. The molecular weight excluding hydrogens is 349 g/mol. The molecule has 0 bridgehead atoms. The number of rotatable bonds is 3. The first-order chi connectivity index (χ1) is 10.5. The first-order valence-electron chi connectivity index (χ1n) is 6.71. The summed E-state index contributed by atoms with van der Waals surface area (Å²) < 4.78 is 15.8. The van der Waals surface area contributed by atoms with Gasteiger partial charge in [0.05, 0.1) is 0 Å². The van der Waals surface area contributed by atoms with Crippen LogP contribution in [-0.2, 0) is 6.54 Å². The van der Waals surface area contributed by atoms with Gasteiger partial charge in [-0.3, -0.25) is 4.79 Å². The van der Waals surface area contributed by atoms with Crippen molar-refractivity contribution in [1.29, 1.82) is 0 Å². The smallest absolute Gasteiger partial charge is 0.271 e. The maximum atomic E-state index is 13.2. The fourth-order valence-corrected chi connectivity index (χ4v) is 2.59. The molecule has 112 valence electrons. The third-order valence-corrected chi connectivity index (χ3v) is 4.15. The number of aryl methyl sites for hydroxylation is 1. The van der Waals surface area contributed by atoms with Gasteiger partial charge in [0.25, 0.3) is 5.91 Å². The zero-order valence-corrected chi connectivity index (χ0v) is 13.4. The summed E-state index contributed by atoms with van der Waals surface area (Å²) in [6.45, 7) is 2.17. The molecule has 0 aliphatic carbocycles. The van der Waals surface area contributed by atoms with Crippen LogP contribution in [0.5, 0.6) is 0 Å². The van der Waals surface area contributed by atoms with Crippen LogP contribution in [0.1, 0.15) is 21.7 Å².